The first-order valence-electron chi connectivity index (χ1n) is 15.3. The maximum absolute atomic E-state index is 14.9. The number of H-pyrrole nitrogens is 1. The molecule has 1 aliphatic rings. The number of benzene rings is 2. The van der Waals surface area contributed by atoms with Crippen LogP contribution in [-0.2, 0) is 4.79 Å². The Kier molecular flexibility index (Phi) is 12.5. The molecule has 3 heterocycles. The van der Waals surface area contributed by atoms with E-state index in [2.05, 4.69) is 25.5 Å². The van der Waals surface area contributed by atoms with E-state index in [0.717, 1.165) is 36.2 Å². The molecular formula is C33H37F4N7O5. The molecule has 0 unspecified atom stereocenters. The monoisotopic (exact) mass is 687 g/mol. The average molecular weight is 688 g/mol. The van der Waals surface area contributed by atoms with E-state index in [1.165, 1.54) is 6.20 Å². The predicted octanol–water partition coefficient (Wildman–Crippen LogP) is 4.90. The number of alkyl halides is 3. The van der Waals surface area contributed by atoms with Crippen LogP contribution in [0.1, 0.15) is 23.2 Å². The molecule has 0 saturated carbocycles. The first-order valence-corrected chi connectivity index (χ1v) is 15.3. The van der Waals surface area contributed by atoms with Crippen molar-refractivity contribution < 1.29 is 41.7 Å². The maximum atomic E-state index is 14.9. The number of nitrogens with zero attached hydrogens (tertiary/aromatic N) is 5. The summed E-state index contributed by atoms with van der Waals surface area (Å²) in [5.74, 6) is -1.20. The molecule has 5 rings (SSSR count). The van der Waals surface area contributed by atoms with Crippen molar-refractivity contribution in [1.29, 1.82) is 0 Å². The number of halogens is 4. The van der Waals surface area contributed by atoms with Gasteiger partial charge >= 0.3 is 12.1 Å². The van der Waals surface area contributed by atoms with E-state index in [4.69, 9.17) is 19.4 Å². The van der Waals surface area contributed by atoms with E-state index in [1.807, 2.05) is 54.2 Å². The summed E-state index contributed by atoms with van der Waals surface area (Å²) in [5, 5.41) is 17.1. The van der Waals surface area contributed by atoms with Crippen LogP contribution in [-0.4, -0.2) is 102 Å². The number of aliphatic carboxylic acids is 1. The smallest absolute Gasteiger partial charge is 0.490 e. The van der Waals surface area contributed by atoms with Gasteiger partial charge in [-0.05, 0) is 57.1 Å². The quantitative estimate of drug-likeness (QED) is 0.186. The van der Waals surface area contributed by atoms with Gasteiger partial charge in [0.15, 0.2) is 17.5 Å². The molecule has 262 valence electrons. The number of hydrogen-bond donors (Lipinski definition) is 3. The topological polar surface area (TPSA) is 146 Å². The van der Waals surface area contributed by atoms with E-state index in [9.17, 15) is 22.4 Å². The summed E-state index contributed by atoms with van der Waals surface area (Å²) in [6.45, 7) is 3.05. The Morgan fingerprint density at radius 2 is 1.78 bits per heavy atom. The van der Waals surface area contributed by atoms with Crippen molar-refractivity contribution in [2.75, 3.05) is 58.9 Å². The van der Waals surface area contributed by atoms with Crippen LogP contribution in [0.15, 0.2) is 60.9 Å². The molecule has 0 atom stereocenters. The Hall–Kier alpha value is -5.25. The number of anilines is 1. The molecule has 3 N–H and O–H groups in total. The summed E-state index contributed by atoms with van der Waals surface area (Å²) >= 11 is 0. The molecular weight excluding hydrogens is 650 g/mol. The average Bonchev–Trinajstić information content (AvgIpc) is 3.63. The van der Waals surface area contributed by atoms with Crippen molar-refractivity contribution in [2.24, 2.45) is 5.92 Å². The molecule has 0 aliphatic carbocycles. The van der Waals surface area contributed by atoms with E-state index >= 15 is 0 Å². The standard InChI is InChI=1S/C31H36FN7O3.C2HF3O2/c1-38(2)13-14-42-26-17-24(16-25(18-26)41-3)31(40)34-19-21-8-11-39(12-9-21)30-27(32)20-33-29(36-30)23-6-4-5-22(15-23)28-7-10-35-37-28;3-2(4,5)1(6)7/h4-7,10,15-18,20-21H,8-9,11-14,19H2,1-3H3,(H,34,40)(H,35,37);(H,6,7). The third-order valence-corrected chi connectivity index (χ3v) is 7.55. The lowest BCUT2D eigenvalue weighted by Crippen LogP contribution is -2.39. The summed E-state index contributed by atoms with van der Waals surface area (Å²) in [7, 11) is 5.52. The predicted molar refractivity (Wildman–Crippen MR) is 173 cm³/mol. The summed E-state index contributed by atoms with van der Waals surface area (Å²) in [5.41, 5.74) is 3.11. The van der Waals surface area contributed by atoms with Crippen LogP contribution in [0, 0.1) is 11.7 Å². The number of carboxylic acids is 1. The second-order valence-electron chi connectivity index (χ2n) is 11.4. The van der Waals surface area contributed by atoms with E-state index in [-0.39, 0.29) is 11.8 Å². The Morgan fingerprint density at radius 3 is 2.41 bits per heavy atom. The number of carbonyl (C=O) groups excluding carboxylic acids is 1. The highest BCUT2D eigenvalue weighted by Crippen LogP contribution is 2.28. The number of hydrogen-bond acceptors (Lipinski definition) is 9. The van der Waals surface area contributed by atoms with E-state index in [0.29, 0.717) is 54.9 Å². The van der Waals surface area contributed by atoms with Crippen LogP contribution >= 0.6 is 0 Å². The molecule has 49 heavy (non-hydrogen) atoms. The van der Waals surface area contributed by atoms with Crippen molar-refractivity contribution in [3.05, 3.63) is 72.3 Å². The van der Waals surface area contributed by atoms with Crippen LogP contribution in [0.4, 0.5) is 23.4 Å². The number of aromatic nitrogens is 4. The van der Waals surface area contributed by atoms with E-state index in [1.54, 1.807) is 31.5 Å². The second-order valence-corrected chi connectivity index (χ2v) is 11.4. The normalized spacial score (nSPS) is 13.4. The number of ether oxygens (including phenoxy) is 2. The molecule has 1 saturated heterocycles. The molecule has 4 aromatic rings. The molecule has 1 fully saturated rings. The molecule has 16 heteroatoms. The van der Waals surface area contributed by atoms with Crippen LogP contribution in [0.25, 0.3) is 22.6 Å². The van der Waals surface area contributed by atoms with Crippen LogP contribution < -0.4 is 19.7 Å². The van der Waals surface area contributed by atoms with Gasteiger partial charge in [-0.1, -0.05) is 18.2 Å². The first kappa shape index (κ1) is 36.6. The van der Waals surface area contributed by atoms with Crippen molar-refractivity contribution in [1.82, 2.24) is 30.4 Å². The fraction of sp³-hybridized carbons (Fsp3) is 0.364. The largest absolute Gasteiger partial charge is 0.497 e. The number of carboxylic acid groups (broad SMARTS) is 1. The molecule has 2 aromatic carbocycles. The Morgan fingerprint density at radius 1 is 1.08 bits per heavy atom. The summed E-state index contributed by atoms with van der Waals surface area (Å²) < 4.78 is 57.8. The molecule has 1 aliphatic heterocycles. The zero-order valence-corrected chi connectivity index (χ0v) is 27.1. The van der Waals surface area contributed by atoms with Gasteiger partial charge in [0.2, 0.25) is 0 Å². The minimum atomic E-state index is -5.08. The fourth-order valence-electron chi connectivity index (χ4n) is 4.90. The maximum Gasteiger partial charge on any atom is 0.490 e. The molecule has 12 nitrogen and oxygen atoms in total. The molecule has 0 spiro atoms. The molecule has 0 bridgehead atoms. The van der Waals surface area contributed by atoms with Crippen molar-refractivity contribution in [3.8, 4) is 34.1 Å². The highest BCUT2D eigenvalue weighted by molar-refractivity contribution is 5.95. The van der Waals surface area contributed by atoms with Gasteiger partial charge in [0.1, 0.15) is 18.1 Å². The SMILES string of the molecule is COc1cc(OCCN(C)C)cc(C(=O)NCC2CCN(c3nc(-c4cccc(-c5ccn[nH]5)c4)ncc3F)CC2)c1.O=C(O)C(F)(F)F. The van der Waals surface area contributed by atoms with Gasteiger partial charge in [-0.25, -0.2) is 19.2 Å². The van der Waals surface area contributed by atoms with E-state index < -0.39 is 18.0 Å². The lowest BCUT2D eigenvalue weighted by molar-refractivity contribution is -0.192. The minimum Gasteiger partial charge on any atom is -0.497 e. The number of piperidine rings is 1. The summed E-state index contributed by atoms with van der Waals surface area (Å²) in [4.78, 5) is 34.7. The number of nitrogens with one attached hydrogen (secondary N) is 2. The second kappa shape index (κ2) is 16.7. The van der Waals surface area contributed by atoms with Crippen LogP contribution in [0.2, 0.25) is 0 Å². The Balaban J connectivity index is 0.000000698. The Labute approximate surface area is 280 Å². The van der Waals surface area contributed by atoms with Crippen molar-refractivity contribution in [3.63, 3.8) is 0 Å². The minimum absolute atomic E-state index is 0.183. The van der Waals surface area contributed by atoms with Gasteiger partial charge in [0.05, 0.1) is 19.0 Å². The number of aromatic amines is 1. The third-order valence-electron chi connectivity index (χ3n) is 7.55. The zero-order chi connectivity index (χ0) is 35.6. The van der Waals surface area contributed by atoms with Gasteiger partial charge < -0.3 is 29.7 Å². The number of likely N-dealkylation sites (N-methyl/N-ethyl adjacent to an activating group) is 1. The summed E-state index contributed by atoms with van der Waals surface area (Å²) in [6.07, 6.45) is -0.558. The fourth-order valence-corrected chi connectivity index (χ4v) is 4.90. The van der Waals surface area contributed by atoms with Crippen molar-refractivity contribution in [2.45, 2.75) is 19.0 Å². The molecule has 2 aromatic heterocycles. The number of amides is 1. The number of carbonyl (C=O) groups is 2. The lowest BCUT2D eigenvalue weighted by Gasteiger charge is -2.33. The van der Waals surface area contributed by atoms with Gasteiger partial charge in [-0.3, -0.25) is 9.89 Å². The van der Waals surface area contributed by atoms with Crippen molar-refractivity contribution >= 4 is 17.7 Å². The highest BCUT2D eigenvalue weighted by atomic mass is 19.4. The summed E-state index contributed by atoms with van der Waals surface area (Å²) in [6, 6.07) is 14.9. The third kappa shape index (κ3) is 10.6. The first-order chi connectivity index (χ1) is 23.3. The van der Waals surface area contributed by atoms with Gasteiger partial charge in [0.25, 0.3) is 5.91 Å². The highest BCUT2D eigenvalue weighted by Gasteiger charge is 2.38. The zero-order valence-electron chi connectivity index (χ0n) is 27.1. The number of rotatable bonds is 11. The molecule has 0 radical (unpaired) electrons. The Bertz CT molecular complexity index is 1700. The van der Waals surface area contributed by atoms with Crippen LogP contribution in [0.5, 0.6) is 11.5 Å². The van der Waals surface area contributed by atoms with Crippen LogP contribution in [0.3, 0.4) is 0 Å². The number of methoxy groups -OCH3 is 1. The van der Waals surface area contributed by atoms with Gasteiger partial charge in [0, 0.05) is 55.1 Å². The van der Waals surface area contributed by atoms with Gasteiger partial charge in [-0.15, -0.1) is 0 Å². The molecule has 1 amide bonds. The lowest BCUT2D eigenvalue weighted by atomic mass is 9.96. The van der Waals surface area contributed by atoms with Gasteiger partial charge in [-0.2, -0.15) is 18.3 Å².